The van der Waals surface area contributed by atoms with Crippen molar-refractivity contribution in [2.45, 2.75) is 225 Å². The molecular formula is C58H99NO7. The summed E-state index contributed by atoms with van der Waals surface area (Å²) < 4.78 is 17.2. The van der Waals surface area contributed by atoms with Crippen LogP contribution in [-0.4, -0.2) is 75.5 Å². The smallest absolute Gasteiger partial charge is 0.306 e. The molecule has 8 heteroatoms. The molecule has 0 aromatic carbocycles. The summed E-state index contributed by atoms with van der Waals surface area (Å²) in [5.41, 5.74) is 0. The fourth-order valence-electron chi connectivity index (χ4n) is 7.42. The number of hydrogen-bond acceptors (Lipinski definition) is 7. The maximum absolute atomic E-state index is 12.8. The number of aliphatic carboxylic acids is 1. The first-order chi connectivity index (χ1) is 32.1. The van der Waals surface area contributed by atoms with E-state index >= 15 is 0 Å². The number of quaternary nitrogens is 1. The predicted molar refractivity (Wildman–Crippen MR) is 277 cm³/mol. The van der Waals surface area contributed by atoms with Crippen LogP contribution in [-0.2, 0) is 28.6 Å². The molecule has 0 saturated carbocycles. The second kappa shape index (κ2) is 48.0. The number of carboxylic acid groups (broad SMARTS) is 1. The highest BCUT2D eigenvalue weighted by molar-refractivity contribution is 5.70. The van der Waals surface area contributed by atoms with Gasteiger partial charge in [-0.1, -0.05) is 189 Å². The Kier molecular flexibility index (Phi) is 45.4. The highest BCUT2D eigenvalue weighted by atomic mass is 16.6. The number of esters is 2. The van der Waals surface area contributed by atoms with Crippen molar-refractivity contribution in [3.05, 3.63) is 85.1 Å². The van der Waals surface area contributed by atoms with Crippen LogP contribution < -0.4 is 5.11 Å². The van der Waals surface area contributed by atoms with Gasteiger partial charge in [-0.3, -0.25) is 9.59 Å². The van der Waals surface area contributed by atoms with Crippen LogP contribution in [0.5, 0.6) is 0 Å². The van der Waals surface area contributed by atoms with E-state index in [4.69, 9.17) is 14.2 Å². The van der Waals surface area contributed by atoms with Crippen LogP contribution in [0.3, 0.4) is 0 Å². The molecule has 0 spiro atoms. The lowest BCUT2D eigenvalue weighted by atomic mass is 10.1. The second-order valence-corrected chi connectivity index (χ2v) is 18.7. The quantitative estimate of drug-likeness (QED) is 0.0259. The van der Waals surface area contributed by atoms with E-state index in [-0.39, 0.29) is 49.1 Å². The van der Waals surface area contributed by atoms with Crippen LogP contribution in [0, 0.1) is 0 Å². The third-order valence-electron chi connectivity index (χ3n) is 11.5. The van der Waals surface area contributed by atoms with Crippen molar-refractivity contribution in [1.29, 1.82) is 0 Å². The Morgan fingerprint density at radius 3 is 1.27 bits per heavy atom. The van der Waals surface area contributed by atoms with Gasteiger partial charge in [-0.25, -0.2) is 0 Å². The standard InChI is InChI=1S/C58H99NO7/c1-6-8-10-12-14-16-18-20-22-24-26-27-28-29-31-33-35-37-39-41-43-45-47-49-57(61)66-54(52-64-51-50-55(58(62)63)59(3,4)5)53-65-56(60)48-46-44-42-40-38-36-34-32-30-25-23-21-19-17-15-13-11-9-7-2/h8,10,14,16,20,22,25-27,29-31,35,37,54-55H,6-7,9,11-13,15,17-19,21,23-24,28,32-34,36,38-53H2,1-5H3/b10-8+,16-14+,22-20+,27-26+,30-25+,31-29+,37-35+. The Balaban J connectivity index is 4.31. The maximum atomic E-state index is 12.8. The van der Waals surface area contributed by atoms with E-state index in [0.717, 1.165) is 89.9 Å². The molecule has 0 aromatic rings. The molecule has 0 bridgehead atoms. The molecule has 0 heterocycles. The summed E-state index contributed by atoms with van der Waals surface area (Å²) >= 11 is 0. The van der Waals surface area contributed by atoms with Gasteiger partial charge in [-0.15, -0.1) is 0 Å². The van der Waals surface area contributed by atoms with Crippen LogP contribution in [0.25, 0.3) is 0 Å². The molecule has 0 aromatic heterocycles. The molecule has 0 rings (SSSR count). The van der Waals surface area contributed by atoms with E-state index in [9.17, 15) is 19.5 Å². The van der Waals surface area contributed by atoms with Gasteiger partial charge in [0.15, 0.2) is 6.10 Å². The van der Waals surface area contributed by atoms with E-state index in [0.29, 0.717) is 6.42 Å². The van der Waals surface area contributed by atoms with Gasteiger partial charge in [-0.2, -0.15) is 0 Å². The minimum atomic E-state index is -1.13. The summed E-state index contributed by atoms with van der Waals surface area (Å²) in [6, 6.07) is -0.737. The van der Waals surface area contributed by atoms with Gasteiger partial charge in [0, 0.05) is 19.3 Å². The van der Waals surface area contributed by atoms with Crippen molar-refractivity contribution in [2.75, 3.05) is 41.0 Å². The summed E-state index contributed by atoms with van der Waals surface area (Å²) in [5.74, 6) is -1.78. The van der Waals surface area contributed by atoms with Crippen molar-refractivity contribution in [2.24, 2.45) is 0 Å². The van der Waals surface area contributed by atoms with Gasteiger partial charge < -0.3 is 28.6 Å². The molecule has 0 saturated heterocycles. The van der Waals surface area contributed by atoms with Crippen LogP contribution >= 0.6 is 0 Å². The van der Waals surface area contributed by atoms with Crippen LogP contribution in [0.4, 0.5) is 0 Å². The number of ether oxygens (including phenoxy) is 3. The Bertz CT molecular complexity index is 1350. The van der Waals surface area contributed by atoms with Gasteiger partial charge in [-0.05, 0) is 89.9 Å². The van der Waals surface area contributed by atoms with E-state index in [1.54, 1.807) is 21.1 Å². The average molecular weight is 922 g/mol. The molecule has 0 radical (unpaired) electrons. The predicted octanol–water partition coefficient (Wildman–Crippen LogP) is 14.3. The topological polar surface area (TPSA) is 102 Å². The second-order valence-electron chi connectivity index (χ2n) is 18.7. The molecule has 66 heavy (non-hydrogen) atoms. The number of carbonyl (C=O) groups is 3. The van der Waals surface area contributed by atoms with E-state index in [1.807, 2.05) is 0 Å². The highest BCUT2D eigenvalue weighted by Gasteiger charge is 2.25. The molecular weight excluding hydrogens is 823 g/mol. The van der Waals surface area contributed by atoms with Crippen molar-refractivity contribution in [3.63, 3.8) is 0 Å². The number of likely N-dealkylation sites (N-methyl/N-ethyl adjacent to an activating group) is 1. The summed E-state index contributed by atoms with van der Waals surface area (Å²) in [6.45, 7) is 4.52. The summed E-state index contributed by atoms with van der Waals surface area (Å²) in [6.07, 6.45) is 63.3. The lowest BCUT2D eigenvalue weighted by Gasteiger charge is -2.34. The molecule has 8 nitrogen and oxygen atoms in total. The molecule has 0 aliphatic heterocycles. The zero-order valence-corrected chi connectivity index (χ0v) is 43.1. The number of hydrogen-bond donors (Lipinski definition) is 0. The molecule has 0 aliphatic rings. The van der Waals surface area contributed by atoms with Gasteiger partial charge in [0.1, 0.15) is 12.6 Å². The monoisotopic (exact) mass is 922 g/mol. The largest absolute Gasteiger partial charge is 0.544 e. The number of nitrogens with zero attached hydrogens (tertiary/aromatic N) is 1. The Morgan fingerprint density at radius 2 is 0.848 bits per heavy atom. The zero-order chi connectivity index (χ0) is 48.4. The van der Waals surface area contributed by atoms with Gasteiger partial charge in [0.25, 0.3) is 0 Å². The van der Waals surface area contributed by atoms with E-state index in [1.165, 1.54) is 89.9 Å². The SMILES string of the molecule is CC/C=C/C/C=C/C/C=C/C/C=C/C/C=C/C/C=C/CCCCCCC(=O)OC(COCCC(C(=O)[O-])[N+](C)(C)C)COC(=O)CCCCCCCCC/C=C/CCCCCCCCCC. The molecule has 0 N–H and O–H groups in total. The van der Waals surface area contributed by atoms with Crippen LogP contribution in [0.2, 0.25) is 0 Å². The number of unbranched alkanes of at least 4 members (excludes halogenated alkanes) is 19. The zero-order valence-electron chi connectivity index (χ0n) is 43.1. The van der Waals surface area contributed by atoms with Gasteiger partial charge >= 0.3 is 11.9 Å². The van der Waals surface area contributed by atoms with Crippen molar-refractivity contribution < 1.29 is 38.2 Å². The Morgan fingerprint density at radius 1 is 0.470 bits per heavy atom. The molecule has 2 atom stereocenters. The van der Waals surface area contributed by atoms with Crippen molar-refractivity contribution in [3.8, 4) is 0 Å². The van der Waals surface area contributed by atoms with E-state index < -0.39 is 18.1 Å². The lowest BCUT2D eigenvalue weighted by molar-refractivity contribution is -0.889. The molecule has 2 unspecified atom stereocenters. The third kappa shape index (κ3) is 45.7. The fourth-order valence-corrected chi connectivity index (χ4v) is 7.42. The lowest BCUT2D eigenvalue weighted by Crippen LogP contribution is -2.55. The van der Waals surface area contributed by atoms with Gasteiger partial charge in [0.05, 0.1) is 40.3 Å². The third-order valence-corrected chi connectivity index (χ3v) is 11.5. The molecule has 0 aliphatic carbocycles. The highest BCUT2D eigenvalue weighted by Crippen LogP contribution is 2.14. The van der Waals surface area contributed by atoms with Gasteiger partial charge in [0.2, 0.25) is 0 Å². The Labute approximate surface area is 405 Å². The average Bonchev–Trinajstić information content (AvgIpc) is 3.28. The number of allylic oxidation sites excluding steroid dienone is 14. The number of rotatable bonds is 47. The number of carboxylic acids is 1. The van der Waals surface area contributed by atoms with E-state index in [2.05, 4.69) is 98.9 Å². The summed E-state index contributed by atoms with van der Waals surface area (Å²) in [7, 11) is 5.40. The fraction of sp³-hybridized carbons (Fsp3) is 0.707. The normalized spacial score (nSPS) is 13.5. The minimum Gasteiger partial charge on any atom is -0.544 e. The van der Waals surface area contributed by atoms with Crippen molar-refractivity contribution in [1.82, 2.24) is 0 Å². The molecule has 0 fully saturated rings. The molecule has 0 amide bonds. The first kappa shape index (κ1) is 62.5. The summed E-state index contributed by atoms with van der Waals surface area (Å²) in [4.78, 5) is 37.1. The maximum Gasteiger partial charge on any atom is 0.306 e. The van der Waals surface area contributed by atoms with Crippen LogP contribution in [0.15, 0.2) is 85.1 Å². The minimum absolute atomic E-state index is 0.0247. The first-order valence-corrected chi connectivity index (χ1v) is 26.6. The first-order valence-electron chi connectivity index (χ1n) is 26.6. The van der Waals surface area contributed by atoms with Crippen molar-refractivity contribution >= 4 is 17.9 Å². The molecule has 378 valence electrons. The van der Waals surface area contributed by atoms with Crippen LogP contribution in [0.1, 0.15) is 213 Å². The summed E-state index contributed by atoms with van der Waals surface area (Å²) in [5, 5.41) is 11.7. The number of carbonyl (C=O) groups excluding carboxylic acids is 3. The Hall–Kier alpha value is -3.49.